The molecule has 0 aliphatic heterocycles. The molecule has 166 valence electrons. The van der Waals surface area contributed by atoms with Crippen molar-refractivity contribution in [3.8, 4) is 0 Å². The largest absolute Gasteiger partial charge is 0.341 e. The second kappa shape index (κ2) is 8.31. The molecule has 0 saturated carbocycles. The number of hydrogen-bond donors (Lipinski definition) is 0. The van der Waals surface area contributed by atoms with Crippen molar-refractivity contribution in [3.63, 3.8) is 0 Å². The lowest BCUT2D eigenvalue weighted by molar-refractivity contribution is 0.827. The Kier molecular flexibility index (Phi) is 4.99. The zero-order valence-electron chi connectivity index (χ0n) is 19.4. The predicted molar refractivity (Wildman–Crippen MR) is 145 cm³/mol. The van der Waals surface area contributed by atoms with Crippen LogP contribution in [0, 0.1) is 0 Å². The van der Waals surface area contributed by atoms with Crippen LogP contribution in [0.2, 0.25) is 0 Å². The average molecular weight is 443 g/mol. The second-order valence-corrected chi connectivity index (χ2v) is 8.57. The Morgan fingerprint density at radius 1 is 0.529 bits per heavy atom. The van der Waals surface area contributed by atoms with Crippen LogP contribution in [0.3, 0.4) is 0 Å². The molecule has 6 aromatic rings. The van der Waals surface area contributed by atoms with Crippen LogP contribution < -0.4 is 0 Å². The number of benzene rings is 4. The van der Waals surface area contributed by atoms with Crippen LogP contribution in [0.4, 0.5) is 0 Å². The standard InChI is InChI=1S/C30H26N4/c1-3-33-27-11-7-5-9-23(27)25-17-21(13-15-29(25)33)19-31-32-20-22-14-16-30-26(18-22)24-10-6-8-12-28(24)34(30)4-2/h5-20H,3-4H2,1-2H3. The summed E-state index contributed by atoms with van der Waals surface area (Å²) in [5.41, 5.74) is 7.14. The van der Waals surface area contributed by atoms with Crippen LogP contribution in [-0.2, 0) is 13.1 Å². The molecule has 0 N–H and O–H groups in total. The number of rotatable bonds is 5. The second-order valence-electron chi connectivity index (χ2n) is 8.57. The molecule has 0 radical (unpaired) electrons. The molecule has 0 bridgehead atoms. The first-order valence-electron chi connectivity index (χ1n) is 11.9. The summed E-state index contributed by atoms with van der Waals surface area (Å²) in [4.78, 5) is 0. The molecule has 0 spiro atoms. The van der Waals surface area contributed by atoms with Crippen molar-refractivity contribution in [1.82, 2.24) is 9.13 Å². The first kappa shape index (κ1) is 20.4. The third kappa shape index (κ3) is 3.22. The Balaban J connectivity index is 1.32. The van der Waals surface area contributed by atoms with E-state index in [9.17, 15) is 0 Å². The summed E-state index contributed by atoms with van der Waals surface area (Å²) < 4.78 is 4.71. The predicted octanol–water partition coefficient (Wildman–Crippen LogP) is 7.40. The molecule has 4 heteroatoms. The van der Waals surface area contributed by atoms with Gasteiger partial charge in [0.25, 0.3) is 0 Å². The highest BCUT2D eigenvalue weighted by Gasteiger charge is 2.10. The SMILES string of the molecule is CCn1c2ccccc2c2cc(C=NN=Cc3ccc4c(c3)c3ccccc3n4CC)ccc21. The fourth-order valence-corrected chi connectivity index (χ4v) is 5.18. The molecular formula is C30H26N4. The third-order valence-electron chi connectivity index (χ3n) is 6.71. The molecule has 0 amide bonds. The van der Waals surface area contributed by atoms with Crippen LogP contribution in [0.5, 0.6) is 0 Å². The lowest BCUT2D eigenvalue weighted by Crippen LogP contribution is -1.92. The number of fused-ring (bicyclic) bond motifs is 6. The first-order chi connectivity index (χ1) is 16.8. The number of nitrogens with zero attached hydrogens (tertiary/aromatic N) is 4. The van der Waals surface area contributed by atoms with Crippen LogP contribution in [-0.4, -0.2) is 21.6 Å². The van der Waals surface area contributed by atoms with E-state index >= 15 is 0 Å². The van der Waals surface area contributed by atoms with Gasteiger partial charge in [0, 0.05) is 56.7 Å². The smallest absolute Gasteiger partial charge is 0.0568 e. The van der Waals surface area contributed by atoms with Gasteiger partial charge in [-0.1, -0.05) is 48.5 Å². The third-order valence-corrected chi connectivity index (χ3v) is 6.71. The van der Waals surface area contributed by atoms with Crippen LogP contribution >= 0.6 is 0 Å². The highest BCUT2D eigenvalue weighted by molar-refractivity contribution is 6.10. The van der Waals surface area contributed by atoms with Gasteiger partial charge in [-0.3, -0.25) is 0 Å². The van der Waals surface area contributed by atoms with Gasteiger partial charge in [0.1, 0.15) is 0 Å². The monoisotopic (exact) mass is 442 g/mol. The van der Waals surface area contributed by atoms with E-state index in [0.717, 1.165) is 24.2 Å². The van der Waals surface area contributed by atoms with Gasteiger partial charge < -0.3 is 9.13 Å². The van der Waals surface area contributed by atoms with Gasteiger partial charge in [-0.25, -0.2) is 0 Å². The number of para-hydroxylation sites is 2. The van der Waals surface area contributed by atoms with Gasteiger partial charge in [-0.05, 0) is 61.4 Å². The fourth-order valence-electron chi connectivity index (χ4n) is 5.18. The quantitative estimate of drug-likeness (QED) is 0.197. The number of hydrogen-bond acceptors (Lipinski definition) is 2. The first-order valence-corrected chi connectivity index (χ1v) is 11.9. The lowest BCUT2D eigenvalue weighted by atomic mass is 10.1. The van der Waals surface area contributed by atoms with E-state index in [2.05, 4.69) is 118 Å². The van der Waals surface area contributed by atoms with Gasteiger partial charge in [-0.15, -0.1) is 0 Å². The van der Waals surface area contributed by atoms with E-state index in [1.54, 1.807) is 0 Å². The summed E-state index contributed by atoms with van der Waals surface area (Å²) in [5, 5.41) is 13.8. The molecule has 2 aromatic heterocycles. The van der Waals surface area contributed by atoms with Crippen molar-refractivity contribution in [1.29, 1.82) is 0 Å². The zero-order valence-corrected chi connectivity index (χ0v) is 19.4. The summed E-state index contributed by atoms with van der Waals surface area (Å²) in [6.07, 6.45) is 3.66. The molecule has 4 aromatic carbocycles. The molecule has 0 saturated heterocycles. The van der Waals surface area contributed by atoms with E-state index in [1.807, 2.05) is 12.4 Å². The zero-order chi connectivity index (χ0) is 23.1. The maximum Gasteiger partial charge on any atom is 0.0568 e. The molecule has 2 heterocycles. The van der Waals surface area contributed by atoms with E-state index < -0.39 is 0 Å². The molecule has 0 fully saturated rings. The number of aryl methyl sites for hydroxylation is 2. The Morgan fingerprint density at radius 3 is 1.38 bits per heavy atom. The maximum atomic E-state index is 4.35. The highest BCUT2D eigenvalue weighted by atomic mass is 15.2. The Bertz CT molecular complexity index is 1600. The van der Waals surface area contributed by atoms with Crippen LogP contribution in [0.1, 0.15) is 25.0 Å². The molecule has 0 aliphatic rings. The average Bonchev–Trinajstić information content (AvgIpc) is 3.38. The topological polar surface area (TPSA) is 34.6 Å². The number of aromatic nitrogens is 2. The van der Waals surface area contributed by atoms with Crippen molar-refractivity contribution in [3.05, 3.63) is 96.1 Å². The van der Waals surface area contributed by atoms with E-state index in [0.29, 0.717) is 0 Å². The van der Waals surface area contributed by atoms with Crippen LogP contribution in [0.25, 0.3) is 43.6 Å². The van der Waals surface area contributed by atoms with Gasteiger partial charge >= 0.3 is 0 Å². The maximum absolute atomic E-state index is 4.35. The summed E-state index contributed by atoms with van der Waals surface area (Å²) in [7, 11) is 0. The molecule has 0 unspecified atom stereocenters. The Labute approximate surface area is 198 Å². The van der Waals surface area contributed by atoms with E-state index in [4.69, 9.17) is 0 Å². The minimum absolute atomic E-state index is 0.947. The van der Waals surface area contributed by atoms with Crippen LogP contribution in [0.15, 0.2) is 95.1 Å². The van der Waals surface area contributed by atoms with Crippen molar-refractivity contribution in [2.24, 2.45) is 10.2 Å². The highest BCUT2D eigenvalue weighted by Crippen LogP contribution is 2.30. The van der Waals surface area contributed by atoms with Crippen molar-refractivity contribution < 1.29 is 0 Å². The lowest BCUT2D eigenvalue weighted by Gasteiger charge is -2.02. The van der Waals surface area contributed by atoms with Gasteiger partial charge in [0.15, 0.2) is 0 Å². The van der Waals surface area contributed by atoms with Crippen molar-refractivity contribution >= 4 is 56.0 Å². The molecule has 0 aliphatic carbocycles. The Hall–Kier alpha value is -4.18. The van der Waals surface area contributed by atoms with Gasteiger partial charge in [0.2, 0.25) is 0 Å². The summed E-state index contributed by atoms with van der Waals surface area (Å²) in [6, 6.07) is 30.1. The summed E-state index contributed by atoms with van der Waals surface area (Å²) in [5.74, 6) is 0. The summed E-state index contributed by atoms with van der Waals surface area (Å²) in [6.45, 7) is 6.27. The van der Waals surface area contributed by atoms with Gasteiger partial charge in [-0.2, -0.15) is 10.2 Å². The minimum atomic E-state index is 0.947. The normalized spacial score (nSPS) is 12.4. The van der Waals surface area contributed by atoms with Crippen molar-refractivity contribution in [2.45, 2.75) is 26.9 Å². The molecule has 6 rings (SSSR count). The van der Waals surface area contributed by atoms with E-state index in [-0.39, 0.29) is 0 Å². The van der Waals surface area contributed by atoms with Gasteiger partial charge in [0.05, 0.1) is 12.4 Å². The Morgan fingerprint density at radius 2 is 0.941 bits per heavy atom. The summed E-state index contributed by atoms with van der Waals surface area (Å²) >= 11 is 0. The minimum Gasteiger partial charge on any atom is -0.341 e. The fraction of sp³-hybridized carbons (Fsp3) is 0.133. The molecule has 34 heavy (non-hydrogen) atoms. The van der Waals surface area contributed by atoms with Crippen molar-refractivity contribution in [2.75, 3.05) is 0 Å². The molecule has 4 nitrogen and oxygen atoms in total. The van der Waals surface area contributed by atoms with E-state index in [1.165, 1.54) is 43.6 Å². The molecule has 0 atom stereocenters. The molecular weight excluding hydrogens is 416 g/mol.